The van der Waals surface area contributed by atoms with E-state index in [0.717, 1.165) is 38.5 Å². The molecule has 0 aromatic carbocycles. The van der Waals surface area contributed by atoms with Gasteiger partial charge in [-0.15, -0.1) is 0 Å². The van der Waals surface area contributed by atoms with Crippen molar-refractivity contribution in [2.45, 2.75) is 96.9 Å². The van der Waals surface area contributed by atoms with Crippen LogP contribution in [-0.2, 0) is 14.9 Å². The number of carbonyl (C=O) groups is 1. The maximum absolute atomic E-state index is 12.2. The molecule has 0 saturated heterocycles. The highest BCUT2D eigenvalue weighted by Gasteiger charge is 2.65. The van der Waals surface area contributed by atoms with Gasteiger partial charge >= 0.3 is 0 Å². The summed E-state index contributed by atoms with van der Waals surface area (Å²) in [5.74, 6) is 0.705. The molecule has 9 heteroatoms. The van der Waals surface area contributed by atoms with Crippen LogP contribution < -0.4 is 5.32 Å². The first-order valence-corrected chi connectivity index (χ1v) is 15.1. The van der Waals surface area contributed by atoms with Crippen molar-refractivity contribution in [3.63, 3.8) is 0 Å². The number of nitrogens with one attached hydrogen (secondary N) is 1. The summed E-state index contributed by atoms with van der Waals surface area (Å²) in [6.07, 6.45) is 5.67. The summed E-state index contributed by atoms with van der Waals surface area (Å²) < 4.78 is 30.5. The summed E-state index contributed by atoms with van der Waals surface area (Å²) in [6, 6.07) is 0. The van der Waals surface area contributed by atoms with Gasteiger partial charge in [0.15, 0.2) is 0 Å². The molecule has 4 fully saturated rings. The van der Waals surface area contributed by atoms with Crippen LogP contribution in [0.1, 0.15) is 78.6 Å². The van der Waals surface area contributed by atoms with E-state index in [1.54, 1.807) is 0 Å². The number of rotatable bonds is 7. The molecule has 4 aliphatic rings. The first-order valence-electron chi connectivity index (χ1n) is 13.5. The maximum atomic E-state index is 12.2. The van der Waals surface area contributed by atoms with Crippen LogP contribution in [0.3, 0.4) is 0 Å². The molecule has 1 amide bonds. The highest BCUT2D eigenvalue weighted by atomic mass is 32.2. The fraction of sp³-hybridized carbons (Fsp3) is 0.962. The van der Waals surface area contributed by atoms with Crippen LogP contribution in [0.4, 0.5) is 0 Å². The SMILES string of the molecule is C[C@H](CCC(=O)NCCS(=O)(=O)O)[C@H]1CC[C@H]2[C@@H]3[C@H](O)C[C@@H]4C[C@@H](O)CC[C@@]4(C)[C@H]3C[C@H](O)[C@@]12C. The molecule has 35 heavy (non-hydrogen) atoms. The Hall–Kier alpha value is -0.740. The summed E-state index contributed by atoms with van der Waals surface area (Å²) in [7, 11) is -4.10. The molecule has 8 nitrogen and oxygen atoms in total. The number of aliphatic hydroxyl groups is 3. The maximum Gasteiger partial charge on any atom is 0.266 e. The molecule has 5 N–H and O–H groups in total. The van der Waals surface area contributed by atoms with Gasteiger partial charge < -0.3 is 20.6 Å². The Morgan fingerprint density at radius 3 is 2.46 bits per heavy atom. The Kier molecular flexibility index (Phi) is 7.69. The van der Waals surface area contributed by atoms with Gasteiger partial charge in [0.05, 0.1) is 24.1 Å². The van der Waals surface area contributed by atoms with Crippen molar-refractivity contribution >= 4 is 16.0 Å². The van der Waals surface area contributed by atoms with E-state index in [1.807, 2.05) is 0 Å². The quantitative estimate of drug-likeness (QED) is 0.327. The minimum Gasteiger partial charge on any atom is -0.393 e. The van der Waals surface area contributed by atoms with Gasteiger partial charge in [0, 0.05) is 13.0 Å². The zero-order chi connectivity index (χ0) is 25.8. The molecular weight excluding hydrogens is 470 g/mol. The minimum absolute atomic E-state index is 0.0509. The van der Waals surface area contributed by atoms with Crippen LogP contribution >= 0.6 is 0 Å². The van der Waals surface area contributed by atoms with E-state index in [2.05, 4.69) is 26.1 Å². The lowest BCUT2D eigenvalue weighted by Gasteiger charge is -2.63. The van der Waals surface area contributed by atoms with Crippen LogP contribution in [0.5, 0.6) is 0 Å². The standard InChI is InChI=1S/C26H45NO7S/c1-15(4-7-23(31)27-10-11-35(32,33)34)18-5-6-19-24-20(14-22(30)26(18,19)3)25(2)9-8-17(28)12-16(25)13-21(24)29/h15-22,24,28-30H,4-14H2,1-3H3,(H,27,31)(H,32,33,34)/t15-,16+,17+,18-,19+,20+,21-,22+,24+,25-,26+/m1/s1. The second-order valence-corrected chi connectivity index (χ2v) is 14.2. The zero-order valence-corrected chi connectivity index (χ0v) is 22.2. The first-order chi connectivity index (χ1) is 16.3. The third-order valence-corrected chi connectivity index (χ3v) is 11.7. The molecule has 11 atom stereocenters. The van der Waals surface area contributed by atoms with Gasteiger partial charge in [-0.1, -0.05) is 20.8 Å². The van der Waals surface area contributed by atoms with Crippen molar-refractivity contribution in [1.29, 1.82) is 0 Å². The Labute approximate surface area is 210 Å². The molecule has 0 aromatic rings. The largest absolute Gasteiger partial charge is 0.393 e. The second-order valence-electron chi connectivity index (χ2n) is 12.7. The van der Waals surface area contributed by atoms with Crippen molar-refractivity contribution in [3.8, 4) is 0 Å². The molecule has 202 valence electrons. The van der Waals surface area contributed by atoms with Crippen LogP contribution in [0, 0.1) is 46.3 Å². The van der Waals surface area contributed by atoms with E-state index in [4.69, 9.17) is 4.55 Å². The Morgan fingerprint density at radius 2 is 1.77 bits per heavy atom. The minimum atomic E-state index is -4.10. The number of fused-ring (bicyclic) bond motifs is 5. The molecule has 0 spiro atoms. The number of carbonyl (C=O) groups excluding carboxylic acids is 1. The van der Waals surface area contributed by atoms with E-state index in [-0.39, 0.29) is 65.4 Å². The van der Waals surface area contributed by atoms with Crippen LogP contribution in [0.2, 0.25) is 0 Å². The second kappa shape index (κ2) is 9.86. The molecule has 4 saturated carbocycles. The summed E-state index contributed by atoms with van der Waals surface area (Å²) in [4.78, 5) is 12.2. The number of hydrogen-bond acceptors (Lipinski definition) is 6. The number of amides is 1. The molecule has 0 heterocycles. The van der Waals surface area contributed by atoms with Crippen LogP contribution in [-0.4, -0.2) is 64.8 Å². The molecule has 0 aliphatic heterocycles. The Balaban J connectivity index is 1.43. The van der Waals surface area contributed by atoms with Gasteiger partial charge in [0.25, 0.3) is 10.1 Å². The van der Waals surface area contributed by atoms with Gasteiger partial charge in [-0.3, -0.25) is 9.35 Å². The molecule has 4 rings (SSSR count). The summed E-state index contributed by atoms with van der Waals surface area (Å²) in [5, 5.41) is 35.8. The normalized spacial score (nSPS) is 46.3. The van der Waals surface area contributed by atoms with Crippen molar-refractivity contribution in [2.24, 2.45) is 46.3 Å². The Morgan fingerprint density at radius 1 is 1.06 bits per heavy atom. The lowest BCUT2D eigenvalue weighted by Crippen LogP contribution is -2.62. The molecule has 0 aromatic heterocycles. The van der Waals surface area contributed by atoms with Crippen LogP contribution in [0.25, 0.3) is 0 Å². The fourth-order valence-corrected chi connectivity index (χ4v) is 9.46. The van der Waals surface area contributed by atoms with Gasteiger partial charge in [-0.05, 0) is 97.7 Å². The van der Waals surface area contributed by atoms with Gasteiger partial charge in [0.2, 0.25) is 5.91 Å². The lowest BCUT2D eigenvalue weighted by molar-refractivity contribution is -0.207. The molecule has 0 bridgehead atoms. The average Bonchev–Trinajstić information content (AvgIpc) is 3.12. The monoisotopic (exact) mass is 515 g/mol. The molecule has 4 aliphatic carbocycles. The van der Waals surface area contributed by atoms with E-state index >= 15 is 0 Å². The molecule has 0 radical (unpaired) electrons. The third-order valence-electron chi connectivity index (χ3n) is 11.0. The summed E-state index contributed by atoms with van der Waals surface area (Å²) >= 11 is 0. The molecule has 0 unspecified atom stereocenters. The van der Waals surface area contributed by atoms with Gasteiger partial charge in [-0.2, -0.15) is 8.42 Å². The topological polar surface area (TPSA) is 144 Å². The van der Waals surface area contributed by atoms with Crippen molar-refractivity contribution < 1.29 is 33.1 Å². The number of hydrogen-bond donors (Lipinski definition) is 5. The van der Waals surface area contributed by atoms with E-state index in [0.29, 0.717) is 18.8 Å². The zero-order valence-electron chi connectivity index (χ0n) is 21.4. The van der Waals surface area contributed by atoms with Gasteiger partial charge in [-0.25, -0.2) is 0 Å². The molecular formula is C26H45NO7S. The summed E-state index contributed by atoms with van der Waals surface area (Å²) in [5.41, 5.74) is -0.254. The van der Waals surface area contributed by atoms with Crippen molar-refractivity contribution in [2.75, 3.05) is 12.3 Å². The third kappa shape index (κ3) is 5.05. The van der Waals surface area contributed by atoms with E-state index < -0.39 is 28.1 Å². The highest BCUT2D eigenvalue weighted by molar-refractivity contribution is 7.85. The summed E-state index contributed by atoms with van der Waals surface area (Å²) in [6.45, 7) is 6.56. The van der Waals surface area contributed by atoms with Crippen molar-refractivity contribution in [3.05, 3.63) is 0 Å². The highest BCUT2D eigenvalue weighted by Crippen LogP contribution is 2.68. The first kappa shape index (κ1) is 27.3. The van der Waals surface area contributed by atoms with E-state index in [9.17, 15) is 28.5 Å². The lowest BCUT2D eigenvalue weighted by atomic mass is 9.43. The number of aliphatic hydroxyl groups excluding tert-OH is 3. The smallest absolute Gasteiger partial charge is 0.266 e. The predicted molar refractivity (Wildman–Crippen MR) is 132 cm³/mol. The Bertz CT molecular complexity index is 896. The van der Waals surface area contributed by atoms with Crippen LogP contribution in [0.15, 0.2) is 0 Å². The van der Waals surface area contributed by atoms with E-state index in [1.165, 1.54) is 0 Å². The average molecular weight is 516 g/mol. The van der Waals surface area contributed by atoms with Crippen molar-refractivity contribution in [1.82, 2.24) is 5.32 Å². The van der Waals surface area contributed by atoms with Gasteiger partial charge in [0.1, 0.15) is 0 Å². The predicted octanol–water partition coefficient (Wildman–Crippen LogP) is 2.37. The fourth-order valence-electron chi connectivity index (χ4n) is 9.10.